The largest absolute Gasteiger partial charge is 0.411 e. The Hall–Kier alpha value is -3.64. The van der Waals surface area contributed by atoms with Gasteiger partial charge >= 0.3 is 12.4 Å². The predicted octanol–water partition coefficient (Wildman–Crippen LogP) is 6.73. The van der Waals surface area contributed by atoms with Crippen molar-refractivity contribution in [3.05, 3.63) is 95.1 Å². The van der Waals surface area contributed by atoms with Gasteiger partial charge in [0.25, 0.3) is 0 Å². The van der Waals surface area contributed by atoms with Gasteiger partial charge in [0, 0.05) is 11.1 Å². The van der Waals surface area contributed by atoms with E-state index < -0.39 is 40.0 Å². The molecule has 0 unspecified atom stereocenters. The lowest BCUT2D eigenvalue weighted by atomic mass is 9.70. The summed E-state index contributed by atoms with van der Waals surface area (Å²) in [6.07, 6.45) is -1.15. The number of rotatable bonds is 2. The fraction of sp³-hybridized carbons (Fsp3) is 0.120. The summed E-state index contributed by atoms with van der Waals surface area (Å²) in [7, 11) is 0. The molecule has 2 aliphatic carbocycles. The zero-order chi connectivity index (χ0) is 22.9. The van der Waals surface area contributed by atoms with Crippen molar-refractivity contribution in [3.63, 3.8) is 0 Å². The lowest BCUT2D eigenvalue weighted by Crippen LogP contribution is -2.55. The molecule has 0 radical (unpaired) electrons. The molecule has 31 heavy (non-hydrogen) atoms. The van der Waals surface area contributed by atoms with Crippen molar-refractivity contribution in [2.45, 2.75) is 17.8 Å². The van der Waals surface area contributed by atoms with E-state index in [2.05, 4.69) is 24.3 Å². The average molecular weight is 428 g/mol. The molecule has 4 rings (SSSR count). The van der Waals surface area contributed by atoms with Gasteiger partial charge in [-0.2, -0.15) is 26.3 Å². The van der Waals surface area contributed by atoms with Crippen LogP contribution in [0, 0.1) is 24.7 Å². The van der Waals surface area contributed by atoms with Crippen LogP contribution in [0.25, 0.3) is 11.1 Å². The van der Waals surface area contributed by atoms with E-state index in [0.717, 1.165) is 36.4 Å². The fourth-order valence-corrected chi connectivity index (χ4v) is 3.45. The van der Waals surface area contributed by atoms with Gasteiger partial charge in [0.2, 0.25) is 5.41 Å². The normalized spacial score (nSPS) is 12.1. The van der Waals surface area contributed by atoms with E-state index in [1.807, 2.05) is 11.8 Å². The lowest BCUT2D eigenvalue weighted by Gasteiger charge is -2.39. The third-order valence-corrected chi connectivity index (χ3v) is 5.04. The van der Waals surface area contributed by atoms with Gasteiger partial charge in [-0.25, -0.2) is 0 Å². The van der Waals surface area contributed by atoms with Crippen molar-refractivity contribution in [2.75, 3.05) is 0 Å². The molecule has 0 saturated carbocycles. The maximum absolute atomic E-state index is 14.0. The lowest BCUT2D eigenvalue weighted by molar-refractivity contribution is -0.288. The fourth-order valence-electron chi connectivity index (χ4n) is 3.45. The Morgan fingerprint density at radius 3 is 1.06 bits per heavy atom. The van der Waals surface area contributed by atoms with Crippen LogP contribution in [0.3, 0.4) is 0 Å². The van der Waals surface area contributed by atoms with E-state index in [4.69, 9.17) is 12.8 Å². The van der Waals surface area contributed by atoms with E-state index in [-0.39, 0.29) is 0 Å². The van der Waals surface area contributed by atoms with Gasteiger partial charge in [0.05, 0.1) is 0 Å². The first-order chi connectivity index (χ1) is 14.6. The zero-order valence-electron chi connectivity index (χ0n) is 15.9. The summed E-state index contributed by atoms with van der Waals surface area (Å²) < 4.78 is 84.1. The number of alkyl halides is 6. The van der Waals surface area contributed by atoms with Crippen molar-refractivity contribution >= 4 is 0 Å². The minimum atomic E-state index is -5.73. The number of hydrogen-bond donors (Lipinski definition) is 0. The summed E-state index contributed by atoms with van der Waals surface area (Å²) in [4.78, 5) is 0. The SMILES string of the molecule is C#Cc1ccccc1C(c1ccccc1C#C)(C(F)(F)F)C(F)(F)F.c1cc2ccc1-2. The zero-order valence-corrected chi connectivity index (χ0v) is 15.9. The quantitative estimate of drug-likeness (QED) is 0.245. The van der Waals surface area contributed by atoms with E-state index in [9.17, 15) is 26.3 Å². The molecular formula is C25H14F6. The van der Waals surface area contributed by atoms with Crippen LogP contribution in [-0.2, 0) is 5.41 Å². The summed E-state index contributed by atoms with van der Waals surface area (Å²) in [6, 6.07) is 16.7. The van der Waals surface area contributed by atoms with Crippen LogP contribution in [0.2, 0.25) is 0 Å². The van der Waals surface area contributed by atoms with E-state index in [1.165, 1.54) is 23.3 Å². The Kier molecular flexibility index (Phi) is 5.61. The van der Waals surface area contributed by atoms with E-state index >= 15 is 0 Å². The maximum atomic E-state index is 14.0. The van der Waals surface area contributed by atoms with E-state index in [1.54, 1.807) is 0 Å². The first-order valence-corrected chi connectivity index (χ1v) is 8.94. The van der Waals surface area contributed by atoms with Crippen LogP contribution in [-0.4, -0.2) is 12.4 Å². The Bertz CT molecular complexity index is 1070. The molecule has 0 spiro atoms. The second kappa shape index (κ2) is 7.89. The van der Waals surface area contributed by atoms with Crippen LogP contribution < -0.4 is 0 Å². The predicted molar refractivity (Wildman–Crippen MR) is 107 cm³/mol. The van der Waals surface area contributed by atoms with Gasteiger partial charge in [-0.1, -0.05) is 72.5 Å². The monoisotopic (exact) mass is 428 g/mol. The smallest absolute Gasteiger partial charge is 0.169 e. The molecule has 0 heterocycles. The summed E-state index contributed by atoms with van der Waals surface area (Å²) >= 11 is 0. The topological polar surface area (TPSA) is 0 Å². The Balaban J connectivity index is 0.000000381. The molecule has 2 aliphatic rings. The first-order valence-electron chi connectivity index (χ1n) is 8.94. The molecule has 0 bridgehead atoms. The minimum Gasteiger partial charge on any atom is -0.169 e. The molecule has 0 N–H and O–H groups in total. The minimum absolute atomic E-state index is 0.510. The van der Waals surface area contributed by atoms with Crippen molar-refractivity contribution in [1.82, 2.24) is 0 Å². The molecule has 2 aromatic carbocycles. The second-order valence-corrected chi connectivity index (χ2v) is 6.70. The molecule has 0 fully saturated rings. The van der Waals surface area contributed by atoms with Crippen LogP contribution in [0.5, 0.6) is 0 Å². The highest BCUT2D eigenvalue weighted by Gasteiger charge is 2.73. The highest BCUT2D eigenvalue weighted by molar-refractivity contribution is 5.75. The molecule has 0 nitrogen and oxygen atoms in total. The van der Waals surface area contributed by atoms with Gasteiger partial charge in [0.1, 0.15) is 0 Å². The molecule has 156 valence electrons. The van der Waals surface area contributed by atoms with Gasteiger partial charge in [-0.05, 0) is 34.4 Å². The number of halogens is 6. The summed E-state index contributed by atoms with van der Waals surface area (Å²) in [6.45, 7) is 0. The van der Waals surface area contributed by atoms with Gasteiger partial charge < -0.3 is 0 Å². The highest BCUT2D eigenvalue weighted by atomic mass is 19.4. The second-order valence-electron chi connectivity index (χ2n) is 6.70. The van der Waals surface area contributed by atoms with Gasteiger partial charge in [0.15, 0.2) is 0 Å². The molecule has 6 heteroatoms. The Labute approximate surface area is 175 Å². The van der Waals surface area contributed by atoms with Crippen LogP contribution in [0.15, 0.2) is 72.8 Å². The molecule has 0 atom stereocenters. The van der Waals surface area contributed by atoms with Crippen molar-refractivity contribution < 1.29 is 26.3 Å². The third-order valence-electron chi connectivity index (χ3n) is 5.04. The van der Waals surface area contributed by atoms with Crippen molar-refractivity contribution in [3.8, 4) is 35.8 Å². The van der Waals surface area contributed by atoms with Crippen LogP contribution in [0.1, 0.15) is 22.3 Å². The molecule has 0 aliphatic heterocycles. The van der Waals surface area contributed by atoms with Crippen LogP contribution >= 0.6 is 0 Å². The summed E-state index contributed by atoms with van der Waals surface area (Å²) in [5.74, 6) is 3.80. The first kappa shape index (κ1) is 22.1. The molecule has 0 saturated heterocycles. The Morgan fingerprint density at radius 1 is 0.516 bits per heavy atom. The van der Waals surface area contributed by atoms with Crippen LogP contribution in [0.4, 0.5) is 26.3 Å². The van der Waals surface area contributed by atoms with E-state index in [0.29, 0.717) is 0 Å². The molecule has 0 amide bonds. The molecule has 0 aromatic heterocycles. The standard InChI is InChI=1S/C19H10F6.C6H4/c1-3-13-9-5-7-11-15(13)17(18(20,21)22,19(23,24)25)16-12-8-6-10-14(16)4-2;1-2-6-4-3-5(1)6/h1-2,5-12H;1-4H. The average Bonchev–Trinajstić information content (AvgIpc) is 2.70. The van der Waals surface area contributed by atoms with Gasteiger partial charge in [-0.3, -0.25) is 0 Å². The summed E-state index contributed by atoms with van der Waals surface area (Å²) in [5.41, 5.74) is -4.68. The number of fused-ring (bicyclic) bond motifs is 1. The summed E-state index contributed by atoms with van der Waals surface area (Å²) in [5, 5.41) is 0. The highest BCUT2D eigenvalue weighted by Crippen LogP contribution is 2.57. The maximum Gasteiger partial charge on any atom is 0.411 e. The number of hydrogen-bond acceptors (Lipinski definition) is 0. The van der Waals surface area contributed by atoms with Crippen molar-refractivity contribution in [1.29, 1.82) is 0 Å². The van der Waals surface area contributed by atoms with Gasteiger partial charge in [-0.15, -0.1) is 12.8 Å². The number of terminal acetylenes is 2. The van der Waals surface area contributed by atoms with Crippen molar-refractivity contribution in [2.24, 2.45) is 0 Å². The molecular weight excluding hydrogens is 414 g/mol. The molecule has 2 aromatic rings. The third kappa shape index (κ3) is 3.55. The Morgan fingerprint density at radius 2 is 0.839 bits per heavy atom. The number of benzene rings is 3.